The van der Waals surface area contributed by atoms with Crippen molar-refractivity contribution >= 4 is 40.9 Å². The van der Waals surface area contributed by atoms with Gasteiger partial charge in [0, 0.05) is 34.5 Å². The first-order chi connectivity index (χ1) is 16.3. The van der Waals surface area contributed by atoms with Crippen molar-refractivity contribution in [1.82, 2.24) is 0 Å². The van der Waals surface area contributed by atoms with Crippen molar-refractivity contribution in [3.05, 3.63) is 54.6 Å². The lowest BCUT2D eigenvalue weighted by Crippen LogP contribution is -2.34. The van der Waals surface area contributed by atoms with Gasteiger partial charge in [0.05, 0.1) is 31.3 Å². The van der Waals surface area contributed by atoms with Gasteiger partial charge in [0.25, 0.3) is 0 Å². The molecule has 180 valence electrons. The molecular weight excluding hydrogens is 456 g/mol. The van der Waals surface area contributed by atoms with Crippen LogP contribution in [0, 0.1) is 11.8 Å². The molecule has 1 aliphatic rings. The number of hydrogen-bond donors (Lipinski definition) is 3. The zero-order chi connectivity index (χ0) is 24.7. The standard InChI is InChI=1S/C25H28N2O6S/c1-15(23(28)27-17-11-18(32-2)14-19(12-17)33-3)34-20-8-6-7-16(13-20)26-24(29)21-9-4-5-10-22(21)25(30)31/h4-8,11-15,21-22H,9-10H2,1-3H3,(H,26,29)(H,27,28)(H,30,31). The van der Waals surface area contributed by atoms with E-state index in [0.29, 0.717) is 35.7 Å². The van der Waals surface area contributed by atoms with E-state index in [9.17, 15) is 19.5 Å². The molecule has 0 radical (unpaired) electrons. The SMILES string of the molecule is COc1cc(NC(=O)C(C)Sc2cccc(NC(=O)C3CC=CCC3C(=O)O)c2)cc(OC)c1. The Kier molecular flexibility index (Phi) is 8.59. The highest BCUT2D eigenvalue weighted by atomic mass is 32.2. The second kappa shape index (κ2) is 11.6. The molecule has 0 fully saturated rings. The van der Waals surface area contributed by atoms with Crippen LogP contribution in [0.5, 0.6) is 11.5 Å². The van der Waals surface area contributed by atoms with Gasteiger partial charge in [-0.3, -0.25) is 14.4 Å². The van der Waals surface area contributed by atoms with Crippen molar-refractivity contribution in [2.24, 2.45) is 11.8 Å². The molecule has 0 spiro atoms. The summed E-state index contributed by atoms with van der Waals surface area (Å²) in [7, 11) is 3.08. The van der Waals surface area contributed by atoms with Gasteiger partial charge in [0.1, 0.15) is 11.5 Å². The Hall–Kier alpha value is -3.46. The first kappa shape index (κ1) is 25.2. The Morgan fingerprint density at radius 1 is 0.941 bits per heavy atom. The van der Waals surface area contributed by atoms with Crippen molar-refractivity contribution < 1.29 is 29.0 Å². The largest absolute Gasteiger partial charge is 0.497 e. The number of nitrogens with one attached hydrogen (secondary N) is 2. The fraction of sp³-hybridized carbons (Fsp3) is 0.320. The van der Waals surface area contributed by atoms with Gasteiger partial charge in [0.15, 0.2) is 0 Å². The average molecular weight is 485 g/mol. The van der Waals surface area contributed by atoms with Crippen molar-refractivity contribution in [2.45, 2.75) is 29.9 Å². The molecule has 0 bridgehead atoms. The highest BCUT2D eigenvalue weighted by molar-refractivity contribution is 8.00. The lowest BCUT2D eigenvalue weighted by atomic mass is 9.82. The lowest BCUT2D eigenvalue weighted by Gasteiger charge is -2.24. The molecule has 2 aromatic rings. The maximum absolute atomic E-state index is 12.7. The molecule has 3 rings (SSSR count). The third-order valence-electron chi connectivity index (χ3n) is 5.49. The van der Waals surface area contributed by atoms with Gasteiger partial charge in [-0.15, -0.1) is 11.8 Å². The van der Waals surface area contributed by atoms with Gasteiger partial charge < -0.3 is 25.2 Å². The molecule has 2 amide bonds. The van der Waals surface area contributed by atoms with E-state index in [1.165, 1.54) is 26.0 Å². The molecule has 0 saturated heterocycles. The predicted octanol–water partition coefficient (Wildman–Crippen LogP) is 4.43. The van der Waals surface area contributed by atoms with E-state index in [2.05, 4.69) is 10.6 Å². The number of hydrogen-bond acceptors (Lipinski definition) is 6. The van der Waals surface area contributed by atoms with Gasteiger partial charge >= 0.3 is 5.97 Å². The number of thioether (sulfide) groups is 1. The molecule has 3 N–H and O–H groups in total. The fourth-order valence-corrected chi connectivity index (χ4v) is 4.57. The van der Waals surface area contributed by atoms with Crippen LogP contribution < -0.4 is 20.1 Å². The molecule has 0 heterocycles. The molecular formula is C25H28N2O6S. The van der Waals surface area contributed by atoms with E-state index in [1.54, 1.807) is 49.4 Å². The predicted molar refractivity (Wildman–Crippen MR) is 132 cm³/mol. The summed E-state index contributed by atoms with van der Waals surface area (Å²) in [5.74, 6) is -1.72. The number of ether oxygens (including phenoxy) is 2. The fourth-order valence-electron chi connectivity index (χ4n) is 3.64. The van der Waals surface area contributed by atoms with Gasteiger partial charge in [-0.05, 0) is 38.0 Å². The molecule has 3 atom stereocenters. The van der Waals surface area contributed by atoms with Crippen LogP contribution in [0.25, 0.3) is 0 Å². The third kappa shape index (κ3) is 6.54. The van der Waals surface area contributed by atoms with Crippen molar-refractivity contribution in [3.63, 3.8) is 0 Å². The van der Waals surface area contributed by atoms with Gasteiger partial charge in [-0.25, -0.2) is 0 Å². The van der Waals surface area contributed by atoms with Crippen LogP contribution in [0.3, 0.4) is 0 Å². The third-order valence-corrected chi connectivity index (χ3v) is 6.58. The number of carboxylic acids is 1. The van der Waals surface area contributed by atoms with Gasteiger partial charge in [-0.2, -0.15) is 0 Å². The molecule has 1 aliphatic carbocycles. The number of methoxy groups -OCH3 is 2. The Morgan fingerprint density at radius 2 is 1.59 bits per heavy atom. The van der Waals surface area contributed by atoms with Crippen molar-refractivity contribution in [1.29, 1.82) is 0 Å². The van der Waals surface area contributed by atoms with Crippen LogP contribution in [0.2, 0.25) is 0 Å². The maximum Gasteiger partial charge on any atom is 0.307 e. The van der Waals surface area contributed by atoms with Gasteiger partial charge in [-0.1, -0.05) is 18.2 Å². The number of rotatable bonds is 9. The Labute approximate surface area is 202 Å². The maximum atomic E-state index is 12.7. The first-order valence-corrected chi connectivity index (χ1v) is 11.7. The van der Waals surface area contributed by atoms with E-state index in [-0.39, 0.29) is 11.8 Å². The molecule has 0 saturated carbocycles. The first-order valence-electron chi connectivity index (χ1n) is 10.8. The summed E-state index contributed by atoms with van der Waals surface area (Å²) in [6.45, 7) is 1.79. The summed E-state index contributed by atoms with van der Waals surface area (Å²) < 4.78 is 10.5. The highest BCUT2D eigenvalue weighted by Crippen LogP contribution is 2.31. The van der Waals surface area contributed by atoms with Crippen LogP contribution in [0.15, 0.2) is 59.5 Å². The topological polar surface area (TPSA) is 114 Å². The minimum Gasteiger partial charge on any atom is -0.497 e. The summed E-state index contributed by atoms with van der Waals surface area (Å²) >= 11 is 1.34. The molecule has 0 aromatic heterocycles. The van der Waals surface area contributed by atoms with Crippen molar-refractivity contribution in [2.75, 3.05) is 24.9 Å². The normalized spacial score (nSPS) is 18.0. The minimum absolute atomic E-state index is 0.201. The number of aliphatic carboxylic acids is 1. The van der Waals surface area contributed by atoms with Crippen LogP contribution in [0.4, 0.5) is 11.4 Å². The minimum atomic E-state index is -0.970. The number of carbonyl (C=O) groups is 3. The Balaban J connectivity index is 1.63. The number of benzene rings is 2. The number of anilines is 2. The van der Waals surface area contributed by atoms with Gasteiger partial charge in [0.2, 0.25) is 11.8 Å². The van der Waals surface area contributed by atoms with E-state index in [4.69, 9.17) is 9.47 Å². The van der Waals surface area contributed by atoms with E-state index >= 15 is 0 Å². The molecule has 2 aromatic carbocycles. The molecule has 3 unspecified atom stereocenters. The number of amides is 2. The van der Waals surface area contributed by atoms with E-state index < -0.39 is 23.1 Å². The van der Waals surface area contributed by atoms with Crippen molar-refractivity contribution in [3.8, 4) is 11.5 Å². The lowest BCUT2D eigenvalue weighted by molar-refractivity contribution is -0.146. The highest BCUT2D eigenvalue weighted by Gasteiger charge is 2.34. The Morgan fingerprint density at radius 3 is 2.21 bits per heavy atom. The number of allylic oxidation sites excluding steroid dienone is 2. The molecule has 34 heavy (non-hydrogen) atoms. The molecule has 9 heteroatoms. The number of carbonyl (C=O) groups excluding carboxylic acids is 2. The number of carboxylic acid groups (broad SMARTS) is 1. The van der Waals surface area contributed by atoms with Crippen LogP contribution >= 0.6 is 11.8 Å². The summed E-state index contributed by atoms with van der Waals surface area (Å²) in [5.41, 5.74) is 1.11. The van der Waals surface area contributed by atoms with E-state index in [1.807, 2.05) is 12.1 Å². The van der Waals surface area contributed by atoms with Crippen LogP contribution in [-0.2, 0) is 14.4 Å². The zero-order valence-corrected chi connectivity index (χ0v) is 20.1. The van der Waals surface area contributed by atoms with E-state index in [0.717, 1.165) is 4.90 Å². The quantitative estimate of drug-likeness (QED) is 0.356. The summed E-state index contributed by atoms with van der Waals surface area (Å²) in [6.07, 6.45) is 4.38. The smallest absolute Gasteiger partial charge is 0.307 e. The average Bonchev–Trinajstić information content (AvgIpc) is 2.83. The Bertz CT molecular complexity index is 1060. The second-order valence-corrected chi connectivity index (χ2v) is 9.28. The summed E-state index contributed by atoms with van der Waals surface area (Å²) in [6, 6.07) is 12.3. The summed E-state index contributed by atoms with van der Waals surface area (Å²) in [5, 5.41) is 14.7. The molecule has 0 aliphatic heterocycles. The second-order valence-electron chi connectivity index (χ2n) is 7.86. The summed E-state index contributed by atoms with van der Waals surface area (Å²) in [4.78, 5) is 37.8. The zero-order valence-electron chi connectivity index (χ0n) is 19.2. The molecule has 8 nitrogen and oxygen atoms in total. The van der Waals surface area contributed by atoms with Crippen LogP contribution in [0.1, 0.15) is 19.8 Å². The van der Waals surface area contributed by atoms with Crippen LogP contribution in [-0.4, -0.2) is 42.4 Å². The monoisotopic (exact) mass is 484 g/mol.